The Morgan fingerprint density at radius 1 is 1.38 bits per heavy atom. The Labute approximate surface area is 91.1 Å². The number of hydrogen-bond acceptors (Lipinski definition) is 4. The monoisotopic (exact) mass is 218 g/mol. The molecule has 1 N–H and O–H groups in total. The average Bonchev–Trinajstić information content (AvgIpc) is 2.24. The number of aromatic hydroxyl groups is 1. The van der Waals surface area contributed by atoms with Crippen LogP contribution in [0.15, 0.2) is 33.5 Å². The molecule has 4 nitrogen and oxygen atoms in total. The third kappa shape index (κ3) is 1.69. The number of fused-ring (bicyclic) bond motifs is 1. The zero-order chi connectivity index (χ0) is 11.7. The predicted molar refractivity (Wildman–Crippen MR) is 58.5 cm³/mol. The highest BCUT2D eigenvalue weighted by atomic mass is 16.4. The summed E-state index contributed by atoms with van der Waals surface area (Å²) in [5.74, 6) is -0.361. The average molecular weight is 218 g/mol. The molecule has 0 aliphatic carbocycles. The van der Waals surface area contributed by atoms with Crippen LogP contribution in [0.3, 0.4) is 0 Å². The number of Topliss-reactive ketones (excluding diaryl/α,β-unsaturated/α-hetero) is 1. The highest BCUT2D eigenvalue weighted by molar-refractivity contribution is 5.86. The molecule has 2 rings (SSSR count). The number of ketones is 1. The minimum Gasteiger partial charge on any atom is -0.507 e. The van der Waals surface area contributed by atoms with Crippen molar-refractivity contribution >= 4 is 16.8 Å². The van der Waals surface area contributed by atoms with Crippen molar-refractivity contribution in [1.29, 1.82) is 0 Å². The smallest absolute Gasteiger partial charge is 0.343 e. The molecular weight excluding hydrogens is 208 g/mol. The standard InChI is InChI=1S/C12H10O4/c1-7(13)6-9-11(14)8-4-2-3-5-10(8)16-12(9)15/h2-5,14H,6H2,1H3. The van der Waals surface area contributed by atoms with Crippen LogP contribution in [0.5, 0.6) is 5.75 Å². The van der Waals surface area contributed by atoms with Gasteiger partial charge < -0.3 is 9.52 Å². The summed E-state index contributed by atoms with van der Waals surface area (Å²) in [6.07, 6.45) is -0.112. The van der Waals surface area contributed by atoms with Gasteiger partial charge in [0.2, 0.25) is 0 Å². The molecule has 82 valence electrons. The predicted octanol–water partition coefficient (Wildman–Crippen LogP) is 1.63. The molecular formula is C12H10O4. The first-order valence-electron chi connectivity index (χ1n) is 4.82. The van der Waals surface area contributed by atoms with Crippen molar-refractivity contribution in [2.45, 2.75) is 13.3 Å². The maximum atomic E-state index is 11.5. The quantitative estimate of drug-likeness (QED) is 0.778. The van der Waals surface area contributed by atoms with E-state index in [1.165, 1.54) is 6.92 Å². The van der Waals surface area contributed by atoms with Crippen molar-refractivity contribution in [3.8, 4) is 5.75 Å². The van der Waals surface area contributed by atoms with Crippen LogP contribution < -0.4 is 5.63 Å². The van der Waals surface area contributed by atoms with Crippen LogP contribution in [0, 0.1) is 0 Å². The molecule has 0 bridgehead atoms. The molecule has 0 saturated heterocycles. The van der Waals surface area contributed by atoms with E-state index in [-0.39, 0.29) is 23.5 Å². The maximum absolute atomic E-state index is 11.5. The molecule has 16 heavy (non-hydrogen) atoms. The van der Waals surface area contributed by atoms with E-state index in [0.29, 0.717) is 11.0 Å². The second kappa shape index (κ2) is 3.81. The molecule has 2 aromatic rings. The largest absolute Gasteiger partial charge is 0.507 e. The third-order valence-electron chi connectivity index (χ3n) is 2.30. The Bertz CT molecular complexity index is 610. The zero-order valence-corrected chi connectivity index (χ0v) is 8.69. The molecule has 1 heterocycles. The van der Waals surface area contributed by atoms with Crippen molar-refractivity contribution in [2.75, 3.05) is 0 Å². The molecule has 1 aromatic carbocycles. The molecule has 0 fully saturated rings. The van der Waals surface area contributed by atoms with Crippen LogP contribution in [0.2, 0.25) is 0 Å². The minimum atomic E-state index is -0.661. The topological polar surface area (TPSA) is 67.5 Å². The Kier molecular flexibility index (Phi) is 2.48. The molecule has 0 saturated carbocycles. The first-order valence-corrected chi connectivity index (χ1v) is 4.82. The molecule has 0 spiro atoms. The van der Waals surface area contributed by atoms with Crippen LogP contribution in [-0.2, 0) is 11.2 Å². The molecule has 0 aliphatic heterocycles. The van der Waals surface area contributed by atoms with Gasteiger partial charge in [-0.15, -0.1) is 0 Å². The molecule has 1 aromatic heterocycles. The van der Waals surface area contributed by atoms with E-state index in [9.17, 15) is 14.7 Å². The molecule has 0 unspecified atom stereocenters. The van der Waals surface area contributed by atoms with Gasteiger partial charge in [-0.25, -0.2) is 4.79 Å². The minimum absolute atomic E-state index is 0.0196. The van der Waals surface area contributed by atoms with Crippen LogP contribution >= 0.6 is 0 Å². The fourth-order valence-electron chi connectivity index (χ4n) is 1.58. The van der Waals surface area contributed by atoms with Gasteiger partial charge in [0.1, 0.15) is 17.1 Å². The van der Waals surface area contributed by atoms with Crippen molar-refractivity contribution < 1.29 is 14.3 Å². The van der Waals surface area contributed by atoms with E-state index >= 15 is 0 Å². The number of carbonyl (C=O) groups is 1. The summed E-state index contributed by atoms with van der Waals surface area (Å²) in [4.78, 5) is 22.5. The van der Waals surface area contributed by atoms with Crippen molar-refractivity contribution in [1.82, 2.24) is 0 Å². The van der Waals surface area contributed by atoms with Gasteiger partial charge in [-0.05, 0) is 19.1 Å². The molecule has 0 radical (unpaired) electrons. The second-order valence-corrected chi connectivity index (χ2v) is 3.59. The fraction of sp³-hybridized carbons (Fsp3) is 0.167. The lowest BCUT2D eigenvalue weighted by Crippen LogP contribution is -2.11. The van der Waals surface area contributed by atoms with Crippen LogP contribution in [-0.4, -0.2) is 10.9 Å². The fourth-order valence-corrected chi connectivity index (χ4v) is 1.58. The molecule has 0 aliphatic rings. The Morgan fingerprint density at radius 2 is 2.06 bits per heavy atom. The first-order chi connectivity index (χ1) is 7.59. The van der Waals surface area contributed by atoms with Gasteiger partial charge in [-0.3, -0.25) is 4.79 Å². The number of carbonyl (C=O) groups excluding carboxylic acids is 1. The summed E-state index contributed by atoms with van der Waals surface area (Å²) in [5.41, 5.74) is -0.324. The highest BCUT2D eigenvalue weighted by Crippen LogP contribution is 2.26. The first kappa shape index (κ1) is 10.4. The van der Waals surface area contributed by atoms with Gasteiger partial charge in [0, 0.05) is 6.42 Å². The van der Waals surface area contributed by atoms with Gasteiger partial charge >= 0.3 is 5.63 Å². The SMILES string of the molecule is CC(=O)Cc1c(O)c2ccccc2oc1=O. The lowest BCUT2D eigenvalue weighted by atomic mass is 10.1. The van der Waals surface area contributed by atoms with Gasteiger partial charge in [0.15, 0.2) is 0 Å². The van der Waals surface area contributed by atoms with Gasteiger partial charge in [-0.2, -0.15) is 0 Å². The van der Waals surface area contributed by atoms with Crippen molar-refractivity contribution in [3.63, 3.8) is 0 Å². The highest BCUT2D eigenvalue weighted by Gasteiger charge is 2.14. The van der Waals surface area contributed by atoms with E-state index < -0.39 is 5.63 Å². The lowest BCUT2D eigenvalue weighted by molar-refractivity contribution is -0.116. The number of rotatable bonds is 2. The normalized spacial score (nSPS) is 10.6. The molecule has 0 atom stereocenters. The zero-order valence-electron chi connectivity index (χ0n) is 8.69. The van der Waals surface area contributed by atoms with Gasteiger partial charge in [0.05, 0.1) is 10.9 Å². The van der Waals surface area contributed by atoms with Crippen LogP contribution in [0.25, 0.3) is 11.0 Å². The maximum Gasteiger partial charge on any atom is 0.343 e. The summed E-state index contributed by atoms with van der Waals surface area (Å²) in [6.45, 7) is 1.36. The summed E-state index contributed by atoms with van der Waals surface area (Å²) >= 11 is 0. The lowest BCUT2D eigenvalue weighted by Gasteiger charge is -2.04. The third-order valence-corrected chi connectivity index (χ3v) is 2.30. The van der Waals surface area contributed by atoms with Gasteiger partial charge in [-0.1, -0.05) is 12.1 Å². The summed E-state index contributed by atoms with van der Waals surface area (Å²) in [7, 11) is 0. The summed E-state index contributed by atoms with van der Waals surface area (Å²) in [5, 5.41) is 10.3. The Morgan fingerprint density at radius 3 is 2.75 bits per heavy atom. The van der Waals surface area contributed by atoms with E-state index in [2.05, 4.69) is 0 Å². The number of para-hydroxylation sites is 1. The van der Waals surface area contributed by atoms with Crippen molar-refractivity contribution in [2.24, 2.45) is 0 Å². The van der Waals surface area contributed by atoms with E-state index in [4.69, 9.17) is 4.42 Å². The van der Waals surface area contributed by atoms with E-state index in [1.807, 2.05) is 0 Å². The summed E-state index contributed by atoms with van der Waals surface area (Å²) in [6, 6.07) is 6.65. The van der Waals surface area contributed by atoms with Gasteiger partial charge in [0.25, 0.3) is 0 Å². The second-order valence-electron chi connectivity index (χ2n) is 3.59. The van der Waals surface area contributed by atoms with E-state index in [0.717, 1.165) is 0 Å². The van der Waals surface area contributed by atoms with Crippen molar-refractivity contribution in [3.05, 3.63) is 40.2 Å². The number of benzene rings is 1. The Hall–Kier alpha value is -2.10. The van der Waals surface area contributed by atoms with Crippen LogP contribution in [0.1, 0.15) is 12.5 Å². The Balaban J connectivity index is 2.75. The molecule has 4 heteroatoms. The van der Waals surface area contributed by atoms with Crippen LogP contribution in [0.4, 0.5) is 0 Å². The van der Waals surface area contributed by atoms with E-state index in [1.54, 1.807) is 24.3 Å². The number of hydrogen-bond donors (Lipinski definition) is 1. The molecule has 0 amide bonds. The summed E-state index contributed by atoms with van der Waals surface area (Å²) < 4.78 is 5.01.